The van der Waals surface area contributed by atoms with Crippen molar-refractivity contribution in [2.24, 2.45) is 5.92 Å². The summed E-state index contributed by atoms with van der Waals surface area (Å²) >= 11 is 0. The highest BCUT2D eigenvalue weighted by Crippen LogP contribution is 2.28. The van der Waals surface area contributed by atoms with Crippen molar-refractivity contribution >= 4 is 0 Å². The van der Waals surface area contributed by atoms with Gasteiger partial charge >= 0.3 is 0 Å². The van der Waals surface area contributed by atoms with E-state index in [1.807, 2.05) is 31.2 Å². The Morgan fingerprint density at radius 2 is 1.92 bits per heavy atom. The van der Waals surface area contributed by atoms with Crippen molar-refractivity contribution in [3.63, 3.8) is 0 Å². The Morgan fingerprint density at radius 3 is 2.38 bits per heavy atom. The van der Waals surface area contributed by atoms with E-state index in [0.29, 0.717) is 0 Å². The second-order valence-electron chi connectivity index (χ2n) is 3.73. The number of halogens is 1. The maximum atomic E-state index is 13.7. The summed E-state index contributed by atoms with van der Waals surface area (Å²) in [6.45, 7) is 3.64. The van der Waals surface area contributed by atoms with Gasteiger partial charge in [0.05, 0.1) is 0 Å². The Bertz CT molecular complexity index is 277. The van der Waals surface area contributed by atoms with E-state index in [1.54, 1.807) is 0 Å². The van der Waals surface area contributed by atoms with Crippen molar-refractivity contribution in [3.8, 4) is 0 Å². The predicted molar refractivity (Wildman–Crippen MR) is 51.4 cm³/mol. The lowest BCUT2D eigenvalue weighted by molar-refractivity contribution is 0.171. The van der Waals surface area contributed by atoms with Crippen LogP contribution in [0, 0.1) is 12.8 Å². The second-order valence-corrected chi connectivity index (χ2v) is 3.73. The van der Waals surface area contributed by atoms with Gasteiger partial charge in [0.1, 0.15) is 6.17 Å². The number of alkyl halides is 1. The molecule has 0 bridgehead atoms. The van der Waals surface area contributed by atoms with Crippen molar-refractivity contribution in [2.75, 3.05) is 13.1 Å². The molecule has 1 aromatic rings. The summed E-state index contributed by atoms with van der Waals surface area (Å²) in [4.78, 5) is 0. The first-order valence-electron chi connectivity index (χ1n) is 4.69. The van der Waals surface area contributed by atoms with Crippen LogP contribution in [0.4, 0.5) is 4.39 Å². The van der Waals surface area contributed by atoms with Crippen LogP contribution < -0.4 is 5.32 Å². The van der Waals surface area contributed by atoms with E-state index >= 15 is 0 Å². The van der Waals surface area contributed by atoms with Gasteiger partial charge in [-0.25, -0.2) is 4.39 Å². The quantitative estimate of drug-likeness (QED) is 0.734. The van der Waals surface area contributed by atoms with Gasteiger partial charge in [-0.1, -0.05) is 29.8 Å². The lowest BCUT2D eigenvalue weighted by Gasteiger charge is -2.30. The summed E-state index contributed by atoms with van der Waals surface area (Å²) in [6, 6.07) is 7.71. The van der Waals surface area contributed by atoms with Gasteiger partial charge in [0.15, 0.2) is 0 Å². The zero-order valence-corrected chi connectivity index (χ0v) is 7.76. The summed E-state index contributed by atoms with van der Waals surface area (Å²) in [5.74, 6) is 0.183. The first-order valence-corrected chi connectivity index (χ1v) is 4.69. The lowest BCUT2D eigenvalue weighted by atomic mass is 9.92. The number of benzene rings is 1. The molecule has 2 heteroatoms. The first kappa shape index (κ1) is 8.70. The van der Waals surface area contributed by atoms with Gasteiger partial charge in [0.2, 0.25) is 0 Å². The third-order valence-electron chi connectivity index (χ3n) is 2.62. The van der Waals surface area contributed by atoms with Crippen LogP contribution in [0.3, 0.4) is 0 Å². The lowest BCUT2D eigenvalue weighted by Crippen LogP contribution is -2.44. The molecule has 0 spiro atoms. The molecule has 1 unspecified atom stereocenters. The van der Waals surface area contributed by atoms with E-state index < -0.39 is 6.17 Å². The van der Waals surface area contributed by atoms with E-state index in [0.717, 1.165) is 18.7 Å². The molecular formula is C11H14FN. The van der Waals surface area contributed by atoms with Crippen LogP contribution in [-0.2, 0) is 0 Å². The van der Waals surface area contributed by atoms with Gasteiger partial charge in [-0.15, -0.1) is 0 Å². The van der Waals surface area contributed by atoms with Gasteiger partial charge < -0.3 is 5.32 Å². The fraction of sp³-hybridized carbons (Fsp3) is 0.455. The monoisotopic (exact) mass is 179 g/mol. The Labute approximate surface area is 78.0 Å². The fourth-order valence-electron chi connectivity index (χ4n) is 1.54. The highest BCUT2D eigenvalue weighted by Gasteiger charge is 2.27. The van der Waals surface area contributed by atoms with Crippen molar-refractivity contribution in [2.45, 2.75) is 13.1 Å². The molecule has 2 rings (SSSR count). The minimum absolute atomic E-state index is 0.183. The zero-order valence-electron chi connectivity index (χ0n) is 7.76. The molecule has 1 fully saturated rings. The van der Waals surface area contributed by atoms with Gasteiger partial charge in [-0.3, -0.25) is 0 Å². The third kappa shape index (κ3) is 1.73. The summed E-state index contributed by atoms with van der Waals surface area (Å²) in [5, 5.41) is 3.08. The van der Waals surface area contributed by atoms with Gasteiger partial charge in [-0.05, 0) is 12.5 Å². The molecular weight excluding hydrogens is 165 g/mol. The zero-order chi connectivity index (χ0) is 9.26. The molecule has 1 atom stereocenters. The van der Waals surface area contributed by atoms with Crippen LogP contribution in [0.25, 0.3) is 0 Å². The molecule has 13 heavy (non-hydrogen) atoms. The highest BCUT2D eigenvalue weighted by atomic mass is 19.1. The average molecular weight is 179 g/mol. The first-order chi connectivity index (χ1) is 6.27. The van der Waals surface area contributed by atoms with Crippen LogP contribution in [0.5, 0.6) is 0 Å². The summed E-state index contributed by atoms with van der Waals surface area (Å²) in [6.07, 6.45) is -0.790. The van der Waals surface area contributed by atoms with Crippen molar-refractivity contribution in [1.82, 2.24) is 5.32 Å². The standard InChI is InChI=1S/C11H14FN/c1-8-2-4-9(5-3-8)11(12)10-6-13-7-10/h2-5,10-11,13H,6-7H2,1H3. The average Bonchev–Trinajstić information content (AvgIpc) is 2.02. The Morgan fingerprint density at radius 1 is 1.31 bits per heavy atom. The number of rotatable bonds is 2. The normalized spacial score (nSPS) is 19.5. The molecule has 0 radical (unpaired) electrons. The predicted octanol–water partition coefficient (Wildman–Crippen LogP) is 2.23. The molecule has 1 saturated heterocycles. The van der Waals surface area contributed by atoms with E-state index in [4.69, 9.17) is 0 Å². The second kappa shape index (κ2) is 3.46. The van der Waals surface area contributed by atoms with Crippen LogP contribution in [0.1, 0.15) is 17.3 Å². The molecule has 0 saturated carbocycles. The Balaban J connectivity index is 2.10. The SMILES string of the molecule is Cc1ccc(C(F)C2CNC2)cc1. The molecule has 1 nitrogen and oxygen atoms in total. The molecule has 1 aliphatic rings. The Hall–Kier alpha value is -0.890. The molecule has 70 valence electrons. The maximum absolute atomic E-state index is 13.7. The van der Waals surface area contributed by atoms with E-state index in [-0.39, 0.29) is 5.92 Å². The van der Waals surface area contributed by atoms with Crippen molar-refractivity contribution in [1.29, 1.82) is 0 Å². The number of nitrogens with one attached hydrogen (secondary N) is 1. The van der Waals surface area contributed by atoms with Crippen LogP contribution in [0.2, 0.25) is 0 Å². The molecule has 0 aliphatic carbocycles. The largest absolute Gasteiger partial charge is 0.316 e. The topological polar surface area (TPSA) is 12.0 Å². The van der Waals surface area contributed by atoms with E-state index in [1.165, 1.54) is 5.56 Å². The maximum Gasteiger partial charge on any atom is 0.130 e. The summed E-state index contributed by atoms with van der Waals surface area (Å²) in [7, 11) is 0. The number of aryl methyl sites for hydroxylation is 1. The summed E-state index contributed by atoms with van der Waals surface area (Å²) in [5.41, 5.74) is 2.00. The molecule has 1 aliphatic heterocycles. The minimum Gasteiger partial charge on any atom is -0.316 e. The molecule has 1 N–H and O–H groups in total. The number of hydrogen-bond acceptors (Lipinski definition) is 1. The van der Waals surface area contributed by atoms with E-state index in [9.17, 15) is 4.39 Å². The van der Waals surface area contributed by atoms with Gasteiger partial charge in [-0.2, -0.15) is 0 Å². The van der Waals surface area contributed by atoms with Crippen molar-refractivity contribution in [3.05, 3.63) is 35.4 Å². The highest BCUT2D eigenvalue weighted by molar-refractivity contribution is 5.24. The van der Waals surface area contributed by atoms with Crippen molar-refractivity contribution < 1.29 is 4.39 Å². The van der Waals surface area contributed by atoms with Crippen LogP contribution in [-0.4, -0.2) is 13.1 Å². The fourth-order valence-corrected chi connectivity index (χ4v) is 1.54. The minimum atomic E-state index is -0.790. The number of hydrogen-bond donors (Lipinski definition) is 1. The van der Waals surface area contributed by atoms with Gasteiger partial charge in [0, 0.05) is 19.0 Å². The van der Waals surface area contributed by atoms with Crippen LogP contribution in [0.15, 0.2) is 24.3 Å². The molecule has 0 aromatic heterocycles. The molecule has 1 aromatic carbocycles. The summed E-state index contributed by atoms with van der Waals surface area (Å²) < 4.78 is 13.7. The van der Waals surface area contributed by atoms with Gasteiger partial charge in [0.25, 0.3) is 0 Å². The third-order valence-corrected chi connectivity index (χ3v) is 2.62. The molecule has 0 amide bonds. The van der Waals surface area contributed by atoms with E-state index in [2.05, 4.69) is 5.32 Å². The molecule has 1 heterocycles. The smallest absolute Gasteiger partial charge is 0.130 e. The van der Waals surface area contributed by atoms with Crippen LogP contribution >= 0.6 is 0 Å². The Kier molecular flexibility index (Phi) is 2.32.